The molecular formula is C17H33NO. The zero-order valence-corrected chi connectivity index (χ0v) is 13.2. The van der Waals surface area contributed by atoms with Crippen LogP contribution in [0.5, 0.6) is 0 Å². The smallest absolute Gasteiger partial charge is 0.0834 e. The summed E-state index contributed by atoms with van der Waals surface area (Å²) in [5.41, 5.74) is 0.132. The first-order valence-corrected chi connectivity index (χ1v) is 8.57. The second-order valence-electron chi connectivity index (χ2n) is 6.82. The van der Waals surface area contributed by atoms with Crippen molar-refractivity contribution in [2.45, 2.75) is 83.8 Å². The van der Waals surface area contributed by atoms with E-state index in [-0.39, 0.29) is 5.60 Å². The van der Waals surface area contributed by atoms with E-state index in [9.17, 15) is 0 Å². The van der Waals surface area contributed by atoms with Crippen LogP contribution < -0.4 is 5.32 Å². The minimum atomic E-state index is 0.132. The fraction of sp³-hybridized carbons (Fsp3) is 1.00. The van der Waals surface area contributed by atoms with Crippen LogP contribution in [0.1, 0.15) is 72.1 Å². The van der Waals surface area contributed by atoms with Crippen molar-refractivity contribution in [2.24, 2.45) is 11.8 Å². The van der Waals surface area contributed by atoms with Crippen molar-refractivity contribution in [1.82, 2.24) is 5.32 Å². The molecule has 0 aromatic carbocycles. The van der Waals surface area contributed by atoms with Gasteiger partial charge < -0.3 is 10.1 Å². The summed E-state index contributed by atoms with van der Waals surface area (Å²) in [6.07, 6.45) is 10.9. The Hall–Kier alpha value is -0.0800. The molecule has 0 saturated heterocycles. The van der Waals surface area contributed by atoms with Crippen molar-refractivity contribution in [2.75, 3.05) is 13.2 Å². The van der Waals surface area contributed by atoms with Gasteiger partial charge in [0.05, 0.1) is 5.60 Å². The molecule has 0 radical (unpaired) electrons. The van der Waals surface area contributed by atoms with Gasteiger partial charge in [0.1, 0.15) is 0 Å². The molecular weight excluding hydrogens is 234 g/mol. The molecule has 2 aliphatic rings. The van der Waals surface area contributed by atoms with Gasteiger partial charge in [-0.3, -0.25) is 0 Å². The predicted molar refractivity (Wildman–Crippen MR) is 81.4 cm³/mol. The quantitative estimate of drug-likeness (QED) is 0.748. The number of hydrogen-bond acceptors (Lipinski definition) is 2. The van der Waals surface area contributed by atoms with E-state index in [4.69, 9.17) is 4.74 Å². The van der Waals surface area contributed by atoms with Crippen molar-refractivity contribution < 1.29 is 4.74 Å². The highest BCUT2D eigenvalue weighted by molar-refractivity contribution is 4.98. The van der Waals surface area contributed by atoms with E-state index < -0.39 is 0 Å². The third-order valence-electron chi connectivity index (χ3n) is 5.43. The SMILES string of the molecule is CCNC(CC1CCC1)C1(OCC)CCC(C)CC1. The zero-order valence-electron chi connectivity index (χ0n) is 13.2. The maximum Gasteiger partial charge on any atom is 0.0834 e. The van der Waals surface area contributed by atoms with Gasteiger partial charge in [0.25, 0.3) is 0 Å². The Kier molecular flexibility index (Phi) is 5.70. The zero-order chi connectivity index (χ0) is 13.7. The highest BCUT2D eigenvalue weighted by Gasteiger charge is 2.42. The van der Waals surface area contributed by atoms with Crippen LogP contribution >= 0.6 is 0 Å². The van der Waals surface area contributed by atoms with Gasteiger partial charge >= 0.3 is 0 Å². The van der Waals surface area contributed by atoms with Gasteiger partial charge in [0, 0.05) is 12.6 Å². The van der Waals surface area contributed by atoms with E-state index in [2.05, 4.69) is 26.1 Å². The van der Waals surface area contributed by atoms with Gasteiger partial charge in [0.2, 0.25) is 0 Å². The Morgan fingerprint density at radius 2 is 1.84 bits per heavy atom. The van der Waals surface area contributed by atoms with Gasteiger partial charge in [-0.15, -0.1) is 0 Å². The predicted octanol–water partition coefficient (Wildman–Crippen LogP) is 4.14. The maximum atomic E-state index is 6.34. The summed E-state index contributed by atoms with van der Waals surface area (Å²) in [7, 11) is 0. The molecule has 0 heterocycles. The van der Waals surface area contributed by atoms with Crippen molar-refractivity contribution >= 4 is 0 Å². The molecule has 1 N–H and O–H groups in total. The highest BCUT2D eigenvalue weighted by Crippen LogP contribution is 2.41. The lowest BCUT2D eigenvalue weighted by molar-refractivity contribution is -0.102. The average Bonchev–Trinajstić information content (AvgIpc) is 2.35. The number of rotatable bonds is 7. The van der Waals surface area contributed by atoms with Crippen molar-refractivity contribution in [1.29, 1.82) is 0 Å². The molecule has 0 aromatic rings. The highest BCUT2D eigenvalue weighted by atomic mass is 16.5. The number of ether oxygens (including phenoxy) is 1. The molecule has 2 rings (SSSR count). The molecule has 0 spiro atoms. The Balaban J connectivity index is 2.03. The summed E-state index contributed by atoms with van der Waals surface area (Å²) in [5.74, 6) is 1.85. The molecule has 112 valence electrons. The molecule has 1 atom stereocenters. The summed E-state index contributed by atoms with van der Waals surface area (Å²) < 4.78 is 6.34. The maximum absolute atomic E-state index is 6.34. The first-order valence-electron chi connectivity index (χ1n) is 8.57. The summed E-state index contributed by atoms with van der Waals surface area (Å²) in [5, 5.41) is 3.77. The molecule has 0 aromatic heterocycles. The van der Waals surface area contributed by atoms with Crippen LogP contribution in [0.2, 0.25) is 0 Å². The Morgan fingerprint density at radius 3 is 2.32 bits per heavy atom. The van der Waals surface area contributed by atoms with Gasteiger partial charge in [0.15, 0.2) is 0 Å². The number of hydrogen-bond donors (Lipinski definition) is 1. The Morgan fingerprint density at radius 1 is 1.16 bits per heavy atom. The van der Waals surface area contributed by atoms with Crippen LogP contribution in [0.25, 0.3) is 0 Å². The first kappa shape index (κ1) is 15.3. The van der Waals surface area contributed by atoms with Crippen molar-refractivity contribution in [3.05, 3.63) is 0 Å². The van der Waals surface area contributed by atoms with Crippen LogP contribution in [0.4, 0.5) is 0 Å². The Labute approximate surface area is 119 Å². The van der Waals surface area contributed by atoms with Crippen LogP contribution in [0.3, 0.4) is 0 Å². The lowest BCUT2D eigenvalue weighted by Gasteiger charge is -2.47. The summed E-state index contributed by atoms with van der Waals surface area (Å²) in [6.45, 7) is 8.72. The van der Waals surface area contributed by atoms with Crippen LogP contribution in [0, 0.1) is 11.8 Å². The summed E-state index contributed by atoms with van der Waals surface area (Å²) in [6, 6.07) is 0.579. The second-order valence-corrected chi connectivity index (χ2v) is 6.82. The first-order chi connectivity index (χ1) is 9.20. The van der Waals surface area contributed by atoms with Crippen molar-refractivity contribution in [3.8, 4) is 0 Å². The molecule has 2 saturated carbocycles. The standard InChI is InChI=1S/C17H33NO/c1-4-18-16(13-15-7-6-8-15)17(19-5-2)11-9-14(3)10-12-17/h14-16,18H,4-13H2,1-3H3. The van der Waals surface area contributed by atoms with Gasteiger partial charge in [-0.1, -0.05) is 33.1 Å². The normalized spacial score (nSPS) is 33.9. The third-order valence-corrected chi connectivity index (χ3v) is 5.43. The molecule has 0 amide bonds. The summed E-state index contributed by atoms with van der Waals surface area (Å²) in [4.78, 5) is 0. The number of nitrogens with one attached hydrogen (secondary N) is 1. The molecule has 2 heteroatoms. The van der Waals surface area contributed by atoms with E-state index in [0.29, 0.717) is 6.04 Å². The lowest BCUT2D eigenvalue weighted by Crippen LogP contribution is -2.55. The van der Waals surface area contributed by atoms with Gasteiger partial charge in [-0.25, -0.2) is 0 Å². The van der Waals surface area contributed by atoms with E-state index in [1.54, 1.807) is 0 Å². The molecule has 19 heavy (non-hydrogen) atoms. The van der Waals surface area contributed by atoms with Crippen LogP contribution in [-0.2, 0) is 4.74 Å². The lowest BCUT2D eigenvalue weighted by atomic mass is 9.70. The van der Waals surface area contributed by atoms with E-state index in [1.807, 2.05) is 0 Å². The van der Waals surface area contributed by atoms with Crippen molar-refractivity contribution in [3.63, 3.8) is 0 Å². The van der Waals surface area contributed by atoms with Crippen LogP contribution in [-0.4, -0.2) is 24.8 Å². The topological polar surface area (TPSA) is 21.3 Å². The summed E-state index contributed by atoms with van der Waals surface area (Å²) >= 11 is 0. The molecule has 0 bridgehead atoms. The largest absolute Gasteiger partial charge is 0.374 e. The molecule has 2 aliphatic carbocycles. The molecule has 2 fully saturated rings. The van der Waals surface area contributed by atoms with Gasteiger partial charge in [-0.2, -0.15) is 0 Å². The minimum Gasteiger partial charge on any atom is -0.374 e. The minimum absolute atomic E-state index is 0.132. The monoisotopic (exact) mass is 267 g/mol. The average molecular weight is 267 g/mol. The number of likely N-dealkylation sites (N-methyl/N-ethyl adjacent to an activating group) is 1. The molecule has 2 nitrogen and oxygen atoms in total. The van der Waals surface area contributed by atoms with E-state index in [1.165, 1.54) is 51.4 Å². The van der Waals surface area contributed by atoms with E-state index >= 15 is 0 Å². The second kappa shape index (κ2) is 7.08. The Bertz CT molecular complexity index is 254. The molecule has 1 unspecified atom stereocenters. The fourth-order valence-electron chi connectivity index (χ4n) is 3.92. The third kappa shape index (κ3) is 3.72. The fourth-order valence-corrected chi connectivity index (χ4v) is 3.92. The molecule has 0 aliphatic heterocycles. The van der Waals surface area contributed by atoms with Gasteiger partial charge in [-0.05, 0) is 57.4 Å². The van der Waals surface area contributed by atoms with Crippen LogP contribution in [0.15, 0.2) is 0 Å². The van der Waals surface area contributed by atoms with E-state index in [0.717, 1.165) is 25.0 Å².